The van der Waals surface area contributed by atoms with Crippen molar-refractivity contribution in [2.45, 2.75) is 18.9 Å². The quantitative estimate of drug-likeness (QED) is 0.244. The van der Waals surface area contributed by atoms with E-state index in [1.165, 1.54) is 0 Å². The first kappa shape index (κ1) is 17.5. The molecule has 1 amide bonds. The Balaban J connectivity index is 1.76. The van der Waals surface area contributed by atoms with E-state index in [0.717, 1.165) is 12.8 Å². The molecule has 0 spiro atoms. The van der Waals surface area contributed by atoms with Gasteiger partial charge in [0.25, 0.3) is 0 Å². The minimum absolute atomic E-state index is 0.0786. The highest BCUT2D eigenvalue weighted by Crippen LogP contribution is 2.27. The highest BCUT2D eigenvalue weighted by molar-refractivity contribution is 5.65. The first-order valence-electron chi connectivity index (χ1n) is 6.96. The van der Waals surface area contributed by atoms with Crippen LogP contribution in [0.3, 0.4) is 0 Å². The molecule has 0 heterocycles. The van der Waals surface area contributed by atoms with E-state index in [1.807, 2.05) is 0 Å². The molecule has 1 rings (SSSR count). The minimum Gasteiger partial charge on any atom is -0.465 e. The topological polar surface area (TPSA) is 126 Å². The van der Waals surface area contributed by atoms with Crippen LogP contribution in [0.25, 0.3) is 10.4 Å². The molecule has 9 nitrogen and oxygen atoms in total. The molecule has 2 N–H and O–H groups in total. The maximum atomic E-state index is 10.4. The lowest BCUT2D eigenvalue weighted by Gasteiger charge is -2.34. The number of rotatable bonds is 12. The van der Waals surface area contributed by atoms with E-state index in [4.69, 9.17) is 24.8 Å². The predicted octanol–water partition coefficient (Wildman–Crippen LogP) is 1.39. The molecule has 1 fully saturated rings. The lowest BCUT2D eigenvalue weighted by Crippen LogP contribution is -2.45. The van der Waals surface area contributed by atoms with Crippen LogP contribution in [-0.4, -0.2) is 63.4 Å². The molecule has 0 saturated heterocycles. The van der Waals surface area contributed by atoms with Crippen molar-refractivity contribution in [3.8, 4) is 0 Å². The molecule has 9 heteroatoms. The molecule has 1 aliphatic carbocycles. The number of nitrogens with one attached hydrogen (secondary N) is 1. The third-order valence-corrected chi connectivity index (χ3v) is 3.06. The summed E-state index contributed by atoms with van der Waals surface area (Å²) in [5, 5.41) is 14.3. The molecule has 0 atom stereocenters. The van der Waals surface area contributed by atoms with Gasteiger partial charge >= 0.3 is 6.09 Å². The van der Waals surface area contributed by atoms with Crippen LogP contribution in [0.1, 0.15) is 12.8 Å². The van der Waals surface area contributed by atoms with Crippen LogP contribution in [0.5, 0.6) is 0 Å². The van der Waals surface area contributed by atoms with Crippen molar-refractivity contribution in [2.75, 3.05) is 46.2 Å². The third kappa shape index (κ3) is 9.09. The number of carboxylic acid groups (broad SMARTS) is 1. The van der Waals surface area contributed by atoms with E-state index in [2.05, 4.69) is 15.3 Å². The summed E-state index contributed by atoms with van der Waals surface area (Å²) in [7, 11) is 0. The van der Waals surface area contributed by atoms with Gasteiger partial charge in [-0.25, -0.2) is 4.79 Å². The van der Waals surface area contributed by atoms with E-state index >= 15 is 0 Å². The molecule has 0 radical (unpaired) electrons. The molecule has 120 valence electrons. The van der Waals surface area contributed by atoms with Crippen LogP contribution >= 0.6 is 0 Å². The molecule has 0 aliphatic heterocycles. The number of amides is 1. The van der Waals surface area contributed by atoms with Crippen molar-refractivity contribution < 1.29 is 24.1 Å². The lowest BCUT2D eigenvalue weighted by atomic mass is 9.81. The Morgan fingerprint density at radius 1 is 1.19 bits per heavy atom. The summed E-state index contributed by atoms with van der Waals surface area (Å²) in [6.07, 6.45) is 0.715. The average Bonchev–Trinajstić information content (AvgIpc) is 2.41. The van der Waals surface area contributed by atoms with Gasteiger partial charge in [-0.15, -0.1) is 0 Å². The number of carbonyl (C=O) groups is 1. The van der Waals surface area contributed by atoms with Gasteiger partial charge in [0.15, 0.2) is 0 Å². The van der Waals surface area contributed by atoms with Crippen molar-refractivity contribution in [1.29, 1.82) is 0 Å². The maximum Gasteiger partial charge on any atom is 0.404 e. The van der Waals surface area contributed by atoms with E-state index < -0.39 is 6.09 Å². The smallest absolute Gasteiger partial charge is 0.404 e. The van der Waals surface area contributed by atoms with Gasteiger partial charge in [-0.05, 0) is 24.3 Å². The minimum atomic E-state index is -0.964. The van der Waals surface area contributed by atoms with Gasteiger partial charge < -0.3 is 24.6 Å². The van der Waals surface area contributed by atoms with Gasteiger partial charge in [0.2, 0.25) is 0 Å². The second-order valence-electron chi connectivity index (χ2n) is 4.74. The zero-order valence-corrected chi connectivity index (χ0v) is 11.9. The Labute approximate surface area is 123 Å². The molecular formula is C12H22N4O5. The molecule has 0 aromatic carbocycles. The summed E-state index contributed by atoms with van der Waals surface area (Å²) in [6.45, 7) is 3.34. The molecule has 21 heavy (non-hydrogen) atoms. The molecule has 1 saturated carbocycles. The van der Waals surface area contributed by atoms with Gasteiger partial charge in [-0.3, -0.25) is 0 Å². The first-order valence-corrected chi connectivity index (χ1v) is 6.96. The number of nitrogens with zero attached hydrogens (tertiary/aromatic N) is 3. The first-order chi connectivity index (χ1) is 10.2. The third-order valence-electron chi connectivity index (χ3n) is 3.06. The highest BCUT2D eigenvalue weighted by Gasteiger charge is 2.30. The number of azide groups is 1. The van der Waals surface area contributed by atoms with E-state index in [-0.39, 0.29) is 6.04 Å². The molecular weight excluding hydrogens is 280 g/mol. The van der Waals surface area contributed by atoms with E-state index in [1.54, 1.807) is 0 Å². The Bertz CT molecular complexity index is 343. The van der Waals surface area contributed by atoms with Crippen molar-refractivity contribution in [3.05, 3.63) is 10.4 Å². The van der Waals surface area contributed by atoms with Crippen molar-refractivity contribution in [2.24, 2.45) is 11.0 Å². The van der Waals surface area contributed by atoms with Gasteiger partial charge in [-0.2, -0.15) is 0 Å². The summed E-state index contributed by atoms with van der Waals surface area (Å²) in [6, 6.07) is 0.0786. The van der Waals surface area contributed by atoms with Crippen molar-refractivity contribution in [3.63, 3.8) is 0 Å². The monoisotopic (exact) mass is 302 g/mol. The average molecular weight is 302 g/mol. The van der Waals surface area contributed by atoms with E-state index in [0.29, 0.717) is 52.1 Å². The fourth-order valence-electron chi connectivity index (χ4n) is 2.00. The fraction of sp³-hybridized carbons (Fsp3) is 0.917. The molecule has 0 aromatic rings. The Kier molecular flexibility index (Phi) is 9.30. The Hall–Kier alpha value is -1.54. The van der Waals surface area contributed by atoms with Crippen LogP contribution in [0, 0.1) is 5.92 Å². The molecule has 0 unspecified atom stereocenters. The zero-order chi connectivity index (χ0) is 15.3. The van der Waals surface area contributed by atoms with Crippen LogP contribution in [0.2, 0.25) is 0 Å². The van der Waals surface area contributed by atoms with Gasteiger partial charge in [0, 0.05) is 24.1 Å². The SMILES string of the molecule is [N-]=[N+]=NCCOCCOCCOCC1CC(NC(=O)O)C1. The number of hydrogen-bond donors (Lipinski definition) is 2. The zero-order valence-electron chi connectivity index (χ0n) is 11.9. The standard InChI is InChI=1S/C12H22N4O5/c13-16-14-1-2-19-3-4-20-5-6-21-9-10-7-11(8-10)15-12(17)18/h10-11,15H,1-9H2,(H,17,18). The van der Waals surface area contributed by atoms with Crippen LogP contribution < -0.4 is 5.32 Å². The predicted molar refractivity (Wildman–Crippen MR) is 74.1 cm³/mol. The molecule has 1 aliphatic rings. The Morgan fingerprint density at radius 3 is 2.43 bits per heavy atom. The Morgan fingerprint density at radius 2 is 1.81 bits per heavy atom. The highest BCUT2D eigenvalue weighted by atomic mass is 16.5. The lowest BCUT2D eigenvalue weighted by molar-refractivity contribution is -0.00264. The summed E-state index contributed by atoms with van der Waals surface area (Å²) in [4.78, 5) is 13.0. The largest absolute Gasteiger partial charge is 0.465 e. The molecule has 0 aromatic heterocycles. The van der Waals surface area contributed by atoms with Crippen LogP contribution in [0.4, 0.5) is 4.79 Å². The van der Waals surface area contributed by atoms with Crippen LogP contribution in [0.15, 0.2) is 5.11 Å². The summed E-state index contributed by atoms with van der Waals surface area (Å²) in [5.74, 6) is 0.436. The number of hydrogen-bond acceptors (Lipinski definition) is 5. The van der Waals surface area contributed by atoms with Gasteiger partial charge in [-0.1, -0.05) is 5.11 Å². The summed E-state index contributed by atoms with van der Waals surface area (Å²) in [5.41, 5.74) is 8.04. The summed E-state index contributed by atoms with van der Waals surface area (Å²) < 4.78 is 15.9. The summed E-state index contributed by atoms with van der Waals surface area (Å²) >= 11 is 0. The fourth-order valence-corrected chi connectivity index (χ4v) is 2.00. The van der Waals surface area contributed by atoms with Crippen molar-refractivity contribution in [1.82, 2.24) is 5.32 Å². The van der Waals surface area contributed by atoms with Crippen LogP contribution in [-0.2, 0) is 14.2 Å². The number of ether oxygens (including phenoxy) is 3. The van der Waals surface area contributed by atoms with Gasteiger partial charge in [0.05, 0.1) is 33.0 Å². The van der Waals surface area contributed by atoms with E-state index in [9.17, 15) is 4.79 Å². The second-order valence-corrected chi connectivity index (χ2v) is 4.74. The normalized spacial score (nSPS) is 20.4. The van der Waals surface area contributed by atoms with Crippen molar-refractivity contribution >= 4 is 6.09 Å². The maximum absolute atomic E-state index is 10.4. The van der Waals surface area contributed by atoms with Gasteiger partial charge in [0.1, 0.15) is 0 Å². The molecule has 0 bridgehead atoms. The second kappa shape index (κ2) is 11.2.